The van der Waals surface area contributed by atoms with Crippen LogP contribution in [0.2, 0.25) is 0 Å². The van der Waals surface area contributed by atoms with Crippen LogP contribution >= 0.6 is 31.9 Å². The number of rotatable bonds is 17. The Bertz CT molecular complexity index is 2570. The number of benzene rings is 6. The summed E-state index contributed by atoms with van der Waals surface area (Å²) in [6.45, 7) is 13.2. The highest BCUT2D eigenvalue weighted by atomic mass is 79.9. The van der Waals surface area contributed by atoms with E-state index in [2.05, 4.69) is 59.6 Å². The molecular formula is C49H50Br2N2O7. The van der Waals surface area contributed by atoms with Crippen LogP contribution in [0.5, 0.6) is 11.5 Å². The minimum atomic E-state index is -0.629. The molecule has 4 amide bonds. The minimum Gasteiger partial charge on any atom is -0.492 e. The van der Waals surface area contributed by atoms with E-state index in [9.17, 15) is 19.2 Å². The second-order valence-electron chi connectivity index (χ2n) is 16.6. The molecule has 2 aliphatic rings. The second-order valence-corrected chi connectivity index (χ2v) is 18.3. The van der Waals surface area contributed by atoms with E-state index in [1.807, 2.05) is 62.4 Å². The van der Waals surface area contributed by atoms with Gasteiger partial charge in [-0.05, 0) is 138 Å². The summed E-state index contributed by atoms with van der Waals surface area (Å²) in [7, 11) is 0. The Morgan fingerprint density at radius 2 is 1.03 bits per heavy atom. The van der Waals surface area contributed by atoms with Crippen molar-refractivity contribution >= 4 is 98.6 Å². The normalized spacial score (nSPS) is 15.2. The third-order valence-electron chi connectivity index (χ3n) is 12.4. The van der Waals surface area contributed by atoms with Gasteiger partial charge in [-0.15, -0.1) is 5.06 Å². The quantitative estimate of drug-likeness (QED) is 0.0510. The molecule has 11 heteroatoms. The molecule has 0 fully saturated rings. The molecule has 6 aromatic rings. The van der Waals surface area contributed by atoms with E-state index in [4.69, 9.17) is 14.3 Å². The van der Waals surface area contributed by atoms with Crippen molar-refractivity contribution in [1.82, 2.24) is 9.96 Å². The van der Waals surface area contributed by atoms with Gasteiger partial charge in [0.2, 0.25) is 0 Å². The van der Waals surface area contributed by atoms with Crippen molar-refractivity contribution in [3.05, 3.63) is 91.9 Å². The maximum absolute atomic E-state index is 14.4. The molecule has 312 valence electrons. The lowest BCUT2D eigenvalue weighted by Gasteiger charge is -2.33. The summed E-state index contributed by atoms with van der Waals surface area (Å²) in [5.74, 6) is 0.306. The average Bonchev–Trinajstić information content (AvgIpc) is 3.24. The summed E-state index contributed by atoms with van der Waals surface area (Å²) in [6, 6.07) is 18.4. The largest absolute Gasteiger partial charge is 0.492 e. The summed E-state index contributed by atoms with van der Waals surface area (Å²) in [6.07, 6.45) is 5.78. The number of carbonyl (C=O) groups excluding carboxylic acids is 4. The Hall–Kier alpha value is -4.58. The van der Waals surface area contributed by atoms with Gasteiger partial charge in [0.15, 0.2) is 0 Å². The van der Waals surface area contributed by atoms with Gasteiger partial charge in [-0.1, -0.05) is 85.1 Å². The average molecular weight is 939 g/mol. The fourth-order valence-electron chi connectivity index (χ4n) is 9.18. The number of hydrogen-bond donors (Lipinski definition) is 0. The Morgan fingerprint density at radius 1 is 0.583 bits per heavy atom. The molecule has 0 aliphatic carbocycles. The number of carbonyl (C=O) groups is 4. The number of ether oxygens (including phenoxy) is 2. The van der Waals surface area contributed by atoms with E-state index >= 15 is 0 Å². The number of imide groups is 2. The van der Waals surface area contributed by atoms with E-state index < -0.39 is 17.9 Å². The summed E-state index contributed by atoms with van der Waals surface area (Å²) in [5.41, 5.74) is 1.73. The first-order valence-electron chi connectivity index (χ1n) is 21.3. The third kappa shape index (κ3) is 7.14. The van der Waals surface area contributed by atoms with Crippen LogP contribution in [0, 0.1) is 11.8 Å². The molecule has 0 N–H and O–H groups in total. The molecule has 9 nitrogen and oxygen atoms in total. The van der Waals surface area contributed by atoms with Crippen LogP contribution in [0.1, 0.15) is 128 Å². The Morgan fingerprint density at radius 3 is 1.45 bits per heavy atom. The van der Waals surface area contributed by atoms with Crippen molar-refractivity contribution in [1.29, 1.82) is 0 Å². The molecule has 0 radical (unpaired) electrons. The summed E-state index contributed by atoms with van der Waals surface area (Å²) < 4.78 is 14.0. The number of nitrogens with zero attached hydrogens (tertiary/aromatic N) is 2. The van der Waals surface area contributed by atoms with Gasteiger partial charge in [0.25, 0.3) is 23.6 Å². The van der Waals surface area contributed by atoms with Gasteiger partial charge >= 0.3 is 0 Å². The molecule has 0 spiro atoms. The van der Waals surface area contributed by atoms with Crippen LogP contribution in [-0.2, 0) is 4.84 Å². The first kappa shape index (κ1) is 42.1. The Labute approximate surface area is 367 Å². The molecule has 6 aromatic carbocycles. The number of hydroxylamine groups is 2. The highest BCUT2D eigenvalue weighted by molar-refractivity contribution is 9.11. The predicted octanol–water partition coefficient (Wildman–Crippen LogP) is 12.7. The number of unbranched alkanes of at least 4 members (excludes halogenated alkanes) is 1. The number of amides is 4. The van der Waals surface area contributed by atoms with E-state index in [1.54, 1.807) is 12.1 Å². The van der Waals surface area contributed by atoms with Crippen LogP contribution in [0.3, 0.4) is 0 Å². The highest BCUT2D eigenvalue weighted by Gasteiger charge is 2.40. The van der Waals surface area contributed by atoms with Crippen LogP contribution in [0.25, 0.3) is 43.1 Å². The lowest BCUT2D eigenvalue weighted by Crippen LogP contribution is -2.46. The third-order valence-corrected chi connectivity index (χ3v) is 13.6. The van der Waals surface area contributed by atoms with Crippen LogP contribution in [0.15, 0.2) is 69.6 Å². The first-order valence-corrected chi connectivity index (χ1v) is 22.9. The van der Waals surface area contributed by atoms with Gasteiger partial charge in [0.1, 0.15) is 24.2 Å². The molecular weight excluding hydrogens is 888 g/mol. The molecule has 8 rings (SSSR count). The lowest BCUT2D eigenvalue weighted by molar-refractivity contribution is -0.149. The van der Waals surface area contributed by atoms with Crippen LogP contribution < -0.4 is 9.47 Å². The van der Waals surface area contributed by atoms with Gasteiger partial charge in [-0.25, -0.2) is 0 Å². The zero-order valence-corrected chi connectivity index (χ0v) is 38.1. The van der Waals surface area contributed by atoms with Crippen molar-refractivity contribution in [2.45, 2.75) is 98.6 Å². The highest BCUT2D eigenvalue weighted by Crippen LogP contribution is 2.47. The molecule has 0 saturated carbocycles. The van der Waals surface area contributed by atoms with Crippen LogP contribution in [0.4, 0.5) is 0 Å². The molecule has 1 unspecified atom stereocenters. The summed E-state index contributed by atoms with van der Waals surface area (Å²) in [4.78, 5) is 64.4. The summed E-state index contributed by atoms with van der Waals surface area (Å²) >= 11 is 7.32. The molecule has 0 saturated heterocycles. The molecule has 0 aromatic heterocycles. The summed E-state index contributed by atoms with van der Waals surface area (Å²) in [5, 5.41) is 7.08. The first-order chi connectivity index (χ1) is 28.9. The number of fused-ring (bicyclic) bond motifs is 2. The van der Waals surface area contributed by atoms with Crippen molar-refractivity contribution in [2.24, 2.45) is 11.8 Å². The number of hydrogen-bond acceptors (Lipinski definition) is 7. The smallest absolute Gasteiger partial charge is 0.285 e. The fourth-order valence-corrected chi connectivity index (χ4v) is 10.1. The predicted molar refractivity (Wildman–Crippen MR) is 243 cm³/mol. The van der Waals surface area contributed by atoms with Crippen LogP contribution in [-0.4, -0.2) is 59.0 Å². The van der Waals surface area contributed by atoms with E-state index in [1.165, 1.54) is 11.3 Å². The zero-order chi connectivity index (χ0) is 42.6. The van der Waals surface area contributed by atoms with Crippen molar-refractivity contribution in [3.8, 4) is 11.5 Å². The molecule has 0 bridgehead atoms. The Kier molecular flexibility index (Phi) is 12.0. The van der Waals surface area contributed by atoms with Gasteiger partial charge in [0, 0.05) is 27.9 Å². The van der Waals surface area contributed by atoms with E-state index in [0.717, 1.165) is 66.9 Å². The fraction of sp³-hybridized carbons (Fsp3) is 0.388. The van der Waals surface area contributed by atoms with Crippen molar-refractivity contribution < 1.29 is 33.5 Å². The second kappa shape index (κ2) is 17.1. The van der Waals surface area contributed by atoms with Crippen molar-refractivity contribution in [3.63, 3.8) is 0 Å². The van der Waals surface area contributed by atoms with Gasteiger partial charge in [-0.3, -0.25) is 28.9 Å². The van der Waals surface area contributed by atoms with Gasteiger partial charge in [0.05, 0.1) is 26.7 Å². The van der Waals surface area contributed by atoms with Gasteiger partial charge < -0.3 is 9.47 Å². The lowest BCUT2D eigenvalue weighted by atomic mass is 9.82. The minimum absolute atomic E-state index is 0.0840. The topological polar surface area (TPSA) is 102 Å². The maximum atomic E-state index is 14.4. The SMILES string of the molecule is CCCCC(CC)COc1cc(Br)c(OC[C@H](CC(C)C)ON2C(=O)c3ccc4c5ccc6c7c(ccc(c8ccc(c3c48)C2=O)c75)C(=O)N(C(CC)CC)C6=O)cc1Br. The molecule has 60 heavy (non-hydrogen) atoms. The van der Waals surface area contributed by atoms with Crippen molar-refractivity contribution in [2.75, 3.05) is 13.2 Å². The monoisotopic (exact) mass is 936 g/mol. The molecule has 2 heterocycles. The van der Waals surface area contributed by atoms with E-state index in [0.29, 0.717) is 75.0 Å². The maximum Gasteiger partial charge on any atom is 0.285 e. The Balaban J connectivity index is 1.09. The van der Waals surface area contributed by atoms with Gasteiger partial charge in [-0.2, -0.15) is 0 Å². The molecule has 2 atom stereocenters. The molecule has 2 aliphatic heterocycles. The number of halogens is 2. The standard InChI is InChI=1S/C49H50Br2N2O7/c1-7-11-12-27(8-2)24-58-40-22-39(51)41(23-38(40)50)59-25-29(21-26(5)6)60-53-48(56)36-19-15-32-30-13-17-34-44-35(47(55)52(46(34)54)28(9-3)10-4)18-14-31(42(30)44)33-16-20-37(49(53)57)45(36)43(32)33/h13-20,22-23,26-29H,7-12,21,24-25H2,1-6H3/t27?,29-/m0/s1. The van der Waals surface area contributed by atoms with E-state index in [-0.39, 0.29) is 30.4 Å². The zero-order valence-electron chi connectivity index (χ0n) is 35.0.